The highest BCUT2D eigenvalue weighted by atomic mass is 32.2. The van der Waals surface area contributed by atoms with Crippen LogP contribution in [0.2, 0.25) is 0 Å². The number of aliphatic hydroxyl groups is 1. The van der Waals surface area contributed by atoms with Gasteiger partial charge in [0.05, 0.1) is 13.7 Å². The van der Waals surface area contributed by atoms with Crippen molar-refractivity contribution in [2.45, 2.75) is 11.5 Å². The average molecular weight is 245 g/mol. The van der Waals surface area contributed by atoms with Gasteiger partial charge in [0.15, 0.2) is 0 Å². The van der Waals surface area contributed by atoms with Gasteiger partial charge in [-0.15, -0.1) is 0 Å². The fourth-order valence-electron chi connectivity index (χ4n) is 1.22. The van der Waals surface area contributed by atoms with Crippen molar-refractivity contribution in [2.24, 2.45) is 0 Å². The van der Waals surface area contributed by atoms with E-state index in [0.717, 1.165) is 4.31 Å². The zero-order valence-electron chi connectivity index (χ0n) is 9.47. The highest BCUT2D eigenvalue weighted by molar-refractivity contribution is 7.89. The van der Waals surface area contributed by atoms with Crippen LogP contribution in [0.1, 0.15) is 5.56 Å². The second-order valence-corrected chi connectivity index (χ2v) is 5.55. The number of benzene rings is 1. The van der Waals surface area contributed by atoms with Crippen LogP contribution in [-0.4, -0.2) is 39.0 Å². The van der Waals surface area contributed by atoms with Gasteiger partial charge in [0, 0.05) is 14.1 Å². The monoisotopic (exact) mass is 245 g/mol. The van der Waals surface area contributed by atoms with Gasteiger partial charge in [0.2, 0.25) is 10.0 Å². The molecule has 0 aliphatic heterocycles. The summed E-state index contributed by atoms with van der Waals surface area (Å²) in [5.74, 6) is 0.269. The lowest BCUT2D eigenvalue weighted by Gasteiger charge is -2.15. The molecule has 0 aliphatic carbocycles. The van der Waals surface area contributed by atoms with Crippen LogP contribution in [-0.2, 0) is 16.6 Å². The zero-order chi connectivity index (χ0) is 12.3. The Morgan fingerprint density at radius 1 is 1.38 bits per heavy atom. The van der Waals surface area contributed by atoms with E-state index in [2.05, 4.69) is 0 Å². The summed E-state index contributed by atoms with van der Waals surface area (Å²) in [7, 11) is 0.740. The van der Waals surface area contributed by atoms with Crippen LogP contribution in [0.15, 0.2) is 23.1 Å². The topological polar surface area (TPSA) is 66.8 Å². The lowest BCUT2D eigenvalue weighted by molar-refractivity contribution is 0.281. The maximum Gasteiger partial charge on any atom is 0.246 e. The predicted octanol–water partition coefficient (Wildman–Crippen LogP) is 0.438. The second kappa shape index (κ2) is 4.82. The molecule has 1 rings (SSSR count). The van der Waals surface area contributed by atoms with E-state index in [0.29, 0.717) is 5.56 Å². The van der Waals surface area contributed by atoms with Gasteiger partial charge in [0.1, 0.15) is 10.6 Å². The van der Waals surface area contributed by atoms with Gasteiger partial charge in [0.25, 0.3) is 0 Å². The fraction of sp³-hybridized carbons (Fsp3) is 0.400. The Bertz CT molecular complexity index is 468. The lowest BCUT2D eigenvalue weighted by Crippen LogP contribution is -2.23. The molecule has 5 nitrogen and oxygen atoms in total. The minimum Gasteiger partial charge on any atom is -0.495 e. The van der Waals surface area contributed by atoms with Crippen LogP contribution < -0.4 is 4.74 Å². The molecular formula is C10H15NO4S. The molecule has 0 saturated carbocycles. The predicted molar refractivity (Wildman–Crippen MR) is 59.8 cm³/mol. The van der Waals surface area contributed by atoms with Gasteiger partial charge in [-0.2, -0.15) is 0 Å². The number of hydrogen-bond acceptors (Lipinski definition) is 4. The molecule has 0 aromatic heterocycles. The Balaban J connectivity index is 3.41. The molecule has 0 fully saturated rings. The van der Waals surface area contributed by atoms with E-state index in [1.165, 1.54) is 33.3 Å². The minimum atomic E-state index is -3.56. The molecule has 1 aromatic carbocycles. The zero-order valence-corrected chi connectivity index (χ0v) is 10.3. The summed E-state index contributed by atoms with van der Waals surface area (Å²) in [5, 5.41) is 8.98. The van der Waals surface area contributed by atoms with E-state index in [4.69, 9.17) is 9.84 Å². The summed E-state index contributed by atoms with van der Waals surface area (Å²) >= 11 is 0. The average Bonchev–Trinajstić information content (AvgIpc) is 2.27. The Kier molecular flexibility index (Phi) is 3.90. The van der Waals surface area contributed by atoms with E-state index < -0.39 is 10.0 Å². The van der Waals surface area contributed by atoms with Gasteiger partial charge >= 0.3 is 0 Å². The van der Waals surface area contributed by atoms with Crippen LogP contribution in [0.4, 0.5) is 0 Å². The molecule has 0 spiro atoms. The maximum atomic E-state index is 11.9. The summed E-state index contributed by atoms with van der Waals surface area (Å²) in [6.07, 6.45) is 0. The van der Waals surface area contributed by atoms with Crippen LogP contribution in [0, 0.1) is 0 Å². The number of sulfonamides is 1. The normalized spacial score (nSPS) is 11.8. The first-order valence-corrected chi connectivity index (χ1v) is 6.07. The fourth-order valence-corrected chi connectivity index (χ4v) is 2.32. The Labute approximate surface area is 95.3 Å². The number of ether oxygens (including phenoxy) is 1. The third-order valence-electron chi connectivity index (χ3n) is 2.17. The molecule has 6 heteroatoms. The SMILES string of the molecule is COc1ccc(CO)cc1S(=O)(=O)N(C)C. The Morgan fingerprint density at radius 3 is 2.44 bits per heavy atom. The van der Waals surface area contributed by atoms with Crippen molar-refractivity contribution >= 4 is 10.0 Å². The van der Waals surface area contributed by atoms with Gasteiger partial charge in [-0.1, -0.05) is 6.07 Å². The molecule has 90 valence electrons. The molecule has 1 N–H and O–H groups in total. The number of aliphatic hydroxyl groups excluding tert-OH is 1. The van der Waals surface area contributed by atoms with Crippen LogP contribution in [0.3, 0.4) is 0 Å². The smallest absolute Gasteiger partial charge is 0.246 e. The first kappa shape index (κ1) is 13.0. The van der Waals surface area contributed by atoms with Crippen LogP contribution >= 0.6 is 0 Å². The molecule has 0 saturated heterocycles. The quantitative estimate of drug-likeness (QED) is 0.835. The van der Waals surface area contributed by atoms with Crippen molar-refractivity contribution in [3.05, 3.63) is 23.8 Å². The molecule has 0 radical (unpaired) electrons. The molecular weight excluding hydrogens is 230 g/mol. The van der Waals surface area contributed by atoms with Crippen molar-refractivity contribution in [3.8, 4) is 5.75 Å². The highest BCUT2D eigenvalue weighted by Crippen LogP contribution is 2.26. The largest absolute Gasteiger partial charge is 0.495 e. The molecule has 0 bridgehead atoms. The molecule has 0 amide bonds. The first-order valence-electron chi connectivity index (χ1n) is 4.63. The number of rotatable bonds is 4. The van der Waals surface area contributed by atoms with Gasteiger partial charge in [-0.25, -0.2) is 12.7 Å². The summed E-state index contributed by atoms with van der Waals surface area (Å²) in [5.41, 5.74) is 0.529. The van der Waals surface area contributed by atoms with E-state index >= 15 is 0 Å². The standard InChI is InChI=1S/C10H15NO4S/c1-11(2)16(13,14)10-6-8(7-12)4-5-9(10)15-3/h4-6,12H,7H2,1-3H3. The van der Waals surface area contributed by atoms with E-state index in [9.17, 15) is 8.42 Å². The lowest BCUT2D eigenvalue weighted by atomic mass is 10.2. The van der Waals surface area contributed by atoms with Crippen LogP contribution in [0.5, 0.6) is 5.75 Å². The molecule has 16 heavy (non-hydrogen) atoms. The van der Waals surface area contributed by atoms with Crippen molar-refractivity contribution in [1.29, 1.82) is 0 Å². The maximum absolute atomic E-state index is 11.9. The second-order valence-electron chi connectivity index (χ2n) is 3.43. The highest BCUT2D eigenvalue weighted by Gasteiger charge is 2.22. The van der Waals surface area contributed by atoms with E-state index in [1.54, 1.807) is 6.07 Å². The third-order valence-corrected chi connectivity index (χ3v) is 4.01. The minimum absolute atomic E-state index is 0.0616. The number of hydrogen-bond donors (Lipinski definition) is 1. The van der Waals surface area contributed by atoms with Crippen molar-refractivity contribution in [1.82, 2.24) is 4.31 Å². The van der Waals surface area contributed by atoms with Gasteiger partial charge < -0.3 is 9.84 Å². The molecule has 1 aromatic rings. The summed E-state index contributed by atoms with van der Waals surface area (Å²) in [6, 6.07) is 4.56. The molecule has 0 heterocycles. The number of methoxy groups -OCH3 is 1. The number of nitrogens with zero attached hydrogens (tertiary/aromatic N) is 1. The summed E-state index contributed by atoms with van der Waals surface area (Å²) in [6.45, 7) is -0.208. The van der Waals surface area contributed by atoms with Gasteiger partial charge in [-0.05, 0) is 17.7 Å². The van der Waals surface area contributed by atoms with Crippen molar-refractivity contribution in [2.75, 3.05) is 21.2 Å². The van der Waals surface area contributed by atoms with Crippen molar-refractivity contribution in [3.63, 3.8) is 0 Å². The van der Waals surface area contributed by atoms with Crippen molar-refractivity contribution < 1.29 is 18.3 Å². The molecule has 0 atom stereocenters. The first-order chi connectivity index (χ1) is 7.43. The van der Waals surface area contributed by atoms with Gasteiger partial charge in [-0.3, -0.25) is 0 Å². The van der Waals surface area contributed by atoms with E-state index in [1.807, 2.05) is 0 Å². The molecule has 0 aliphatic rings. The molecule has 0 unspecified atom stereocenters. The summed E-state index contributed by atoms with van der Waals surface area (Å²) in [4.78, 5) is 0.0616. The Morgan fingerprint density at radius 2 is 2.00 bits per heavy atom. The third kappa shape index (κ3) is 2.34. The van der Waals surface area contributed by atoms with Crippen LogP contribution in [0.25, 0.3) is 0 Å². The Hall–Kier alpha value is -1.11. The van der Waals surface area contributed by atoms with E-state index in [-0.39, 0.29) is 17.3 Å². The summed E-state index contributed by atoms with van der Waals surface area (Å²) < 4.78 is 30.0.